The van der Waals surface area contributed by atoms with E-state index in [2.05, 4.69) is 15.4 Å². The number of piperazine rings is 1. The first-order valence-corrected chi connectivity index (χ1v) is 8.93. The van der Waals surface area contributed by atoms with Gasteiger partial charge >= 0.3 is 0 Å². The maximum absolute atomic E-state index is 12.4. The number of carbonyl (C=O) groups is 1. The van der Waals surface area contributed by atoms with Crippen molar-refractivity contribution in [1.82, 2.24) is 4.90 Å². The van der Waals surface area contributed by atoms with Crippen LogP contribution in [-0.4, -0.2) is 48.5 Å². The van der Waals surface area contributed by atoms with Crippen molar-refractivity contribution >= 4 is 40.4 Å². The molecule has 4 N–H and O–H groups in total. The van der Waals surface area contributed by atoms with Crippen LogP contribution in [-0.2, 0) is 4.79 Å². The lowest BCUT2D eigenvalue weighted by Crippen LogP contribution is -2.51. The molecule has 0 aliphatic carbocycles. The number of nitrogens with two attached hydrogens (primary N) is 1. The zero-order valence-corrected chi connectivity index (χ0v) is 16.5. The van der Waals surface area contributed by atoms with Gasteiger partial charge in [0.15, 0.2) is 5.84 Å². The number of hydrogen-bond donors (Lipinski definition) is 3. The van der Waals surface area contributed by atoms with Crippen molar-refractivity contribution in [2.75, 3.05) is 36.5 Å². The summed E-state index contributed by atoms with van der Waals surface area (Å²) in [5.41, 5.74) is 8.81. The third-order valence-electron chi connectivity index (χ3n) is 4.15. The van der Waals surface area contributed by atoms with E-state index >= 15 is 0 Å². The first-order chi connectivity index (χ1) is 12.6. The van der Waals surface area contributed by atoms with Crippen LogP contribution in [0.4, 0.5) is 11.4 Å². The van der Waals surface area contributed by atoms with Crippen molar-refractivity contribution < 1.29 is 4.79 Å². The molecule has 8 nitrogen and oxygen atoms in total. The molecule has 1 aromatic carbocycles. The smallest absolute Gasteiger partial charge is 0.228 e. The average Bonchev–Trinajstić information content (AvgIpc) is 2.61. The molecule has 0 spiro atoms. The van der Waals surface area contributed by atoms with Crippen LogP contribution in [0.15, 0.2) is 23.3 Å². The summed E-state index contributed by atoms with van der Waals surface area (Å²) in [4.78, 5) is 16.4. The van der Waals surface area contributed by atoms with Gasteiger partial charge in [0.05, 0.1) is 16.4 Å². The van der Waals surface area contributed by atoms with Gasteiger partial charge in [-0.05, 0) is 18.2 Å². The number of halogens is 1. The predicted octanol–water partition coefficient (Wildman–Crippen LogP) is 2.26. The molecule has 9 heteroatoms. The Morgan fingerprint density at radius 2 is 1.96 bits per heavy atom. The highest BCUT2D eigenvalue weighted by Crippen LogP contribution is 2.30. The van der Waals surface area contributed by atoms with E-state index < -0.39 is 5.84 Å². The fraction of sp³-hybridized carbons (Fsp3) is 0.444. The number of rotatable bonds is 4. The second-order valence-electron chi connectivity index (χ2n) is 7.29. The summed E-state index contributed by atoms with van der Waals surface area (Å²) in [7, 11) is 0. The predicted molar refractivity (Wildman–Crippen MR) is 108 cm³/mol. The van der Waals surface area contributed by atoms with Gasteiger partial charge in [-0.15, -0.1) is 0 Å². The Bertz CT molecular complexity index is 799. The van der Waals surface area contributed by atoms with Gasteiger partial charge in [-0.1, -0.05) is 32.4 Å². The quantitative estimate of drug-likeness (QED) is 0.414. The topological polar surface area (TPSA) is 122 Å². The number of hydrogen-bond acceptors (Lipinski definition) is 6. The fourth-order valence-corrected chi connectivity index (χ4v) is 3.02. The largest absolute Gasteiger partial charge is 0.382 e. The summed E-state index contributed by atoms with van der Waals surface area (Å²) in [6, 6.07) is 7.08. The monoisotopic (exact) mass is 389 g/mol. The van der Waals surface area contributed by atoms with Gasteiger partial charge in [0, 0.05) is 31.6 Å². The molecule has 0 bridgehead atoms. The van der Waals surface area contributed by atoms with Crippen molar-refractivity contribution in [2.45, 2.75) is 20.8 Å². The Labute approximate surface area is 164 Å². The number of nitriles is 1. The molecule has 1 aliphatic heterocycles. The molecule has 1 amide bonds. The van der Waals surface area contributed by atoms with E-state index in [0.29, 0.717) is 36.9 Å². The zero-order chi connectivity index (χ0) is 20.2. The van der Waals surface area contributed by atoms with Crippen molar-refractivity contribution in [3.8, 4) is 6.07 Å². The third kappa shape index (κ3) is 5.11. The second-order valence-corrected chi connectivity index (χ2v) is 7.70. The minimum Gasteiger partial charge on any atom is -0.382 e. The van der Waals surface area contributed by atoms with Crippen LogP contribution in [0, 0.1) is 22.2 Å². The molecular formula is C18H24ClN7O. The van der Waals surface area contributed by atoms with E-state index in [0.717, 1.165) is 5.69 Å². The highest BCUT2D eigenvalue weighted by atomic mass is 35.5. The fourth-order valence-electron chi connectivity index (χ4n) is 2.72. The molecular weight excluding hydrogens is 366 g/mol. The SMILES string of the molecule is CC(C)(C)C(=O)N1CCN(c2ccc(N/N=C(\C#N)C(=N)N)cc2Cl)CC1. The van der Waals surface area contributed by atoms with Gasteiger partial charge in [0.2, 0.25) is 11.6 Å². The minimum absolute atomic E-state index is 0.157. The Hall–Kier alpha value is -2.79. The highest BCUT2D eigenvalue weighted by Gasteiger charge is 2.30. The first kappa shape index (κ1) is 20.5. The molecule has 1 heterocycles. The highest BCUT2D eigenvalue weighted by molar-refractivity contribution is 6.45. The van der Waals surface area contributed by atoms with Crippen LogP contribution in [0.2, 0.25) is 5.02 Å². The van der Waals surface area contributed by atoms with Crippen LogP contribution in [0.25, 0.3) is 0 Å². The Balaban J connectivity index is 2.04. The van der Waals surface area contributed by atoms with Gasteiger partial charge < -0.3 is 15.5 Å². The van der Waals surface area contributed by atoms with Crippen molar-refractivity contribution in [3.05, 3.63) is 23.2 Å². The molecule has 27 heavy (non-hydrogen) atoms. The zero-order valence-electron chi connectivity index (χ0n) is 15.7. The van der Waals surface area contributed by atoms with Crippen molar-refractivity contribution in [3.63, 3.8) is 0 Å². The van der Waals surface area contributed by atoms with Crippen LogP contribution >= 0.6 is 11.6 Å². The van der Waals surface area contributed by atoms with Gasteiger partial charge in [-0.25, -0.2) is 0 Å². The number of amidine groups is 1. The van der Waals surface area contributed by atoms with Crippen molar-refractivity contribution in [1.29, 1.82) is 10.7 Å². The summed E-state index contributed by atoms with van der Waals surface area (Å²) in [5, 5.41) is 20.4. The summed E-state index contributed by atoms with van der Waals surface area (Å²) in [6.45, 7) is 8.50. The molecule has 2 rings (SSSR count). The Morgan fingerprint density at radius 3 is 2.44 bits per heavy atom. The van der Waals surface area contributed by atoms with E-state index in [1.807, 2.05) is 31.7 Å². The first-order valence-electron chi connectivity index (χ1n) is 8.55. The lowest BCUT2D eigenvalue weighted by atomic mass is 9.94. The molecule has 144 valence electrons. The maximum atomic E-state index is 12.4. The van der Waals surface area contributed by atoms with Crippen LogP contribution in [0.1, 0.15) is 20.8 Å². The van der Waals surface area contributed by atoms with E-state index in [4.69, 9.17) is 28.0 Å². The molecule has 1 aliphatic rings. The molecule has 0 unspecified atom stereocenters. The molecule has 0 saturated carbocycles. The molecule has 1 aromatic rings. The lowest BCUT2D eigenvalue weighted by molar-refractivity contribution is -0.139. The van der Waals surface area contributed by atoms with Crippen LogP contribution in [0.5, 0.6) is 0 Å². The van der Waals surface area contributed by atoms with Gasteiger partial charge in [0.1, 0.15) is 6.07 Å². The van der Waals surface area contributed by atoms with E-state index in [1.54, 1.807) is 18.2 Å². The number of anilines is 2. The molecule has 1 saturated heterocycles. The van der Waals surface area contributed by atoms with Gasteiger partial charge in [0.25, 0.3) is 0 Å². The standard InChI is InChI=1S/C18H24ClN7O/c1-18(2,3)17(27)26-8-6-25(7-9-26)15-5-4-12(10-13(15)19)23-24-14(11-20)16(21)22/h4-5,10,23H,6-9H2,1-3H3,(H3,21,22)/b24-14+. The maximum Gasteiger partial charge on any atom is 0.228 e. The Morgan fingerprint density at radius 1 is 1.33 bits per heavy atom. The van der Waals surface area contributed by atoms with Gasteiger partial charge in [-0.3, -0.25) is 15.6 Å². The minimum atomic E-state index is -0.407. The molecule has 0 radical (unpaired) electrons. The number of nitrogens with one attached hydrogen (secondary N) is 2. The average molecular weight is 390 g/mol. The normalized spacial score (nSPS) is 15.3. The number of amides is 1. The van der Waals surface area contributed by atoms with Crippen LogP contribution < -0.4 is 16.1 Å². The van der Waals surface area contributed by atoms with Crippen molar-refractivity contribution in [2.24, 2.45) is 16.3 Å². The van der Waals surface area contributed by atoms with E-state index in [9.17, 15) is 4.79 Å². The van der Waals surface area contributed by atoms with Crippen LogP contribution in [0.3, 0.4) is 0 Å². The summed E-state index contributed by atoms with van der Waals surface area (Å²) in [6.07, 6.45) is 0. The summed E-state index contributed by atoms with van der Waals surface area (Å²) in [5.74, 6) is -0.250. The number of carbonyl (C=O) groups excluding carboxylic acids is 1. The number of benzene rings is 1. The van der Waals surface area contributed by atoms with E-state index in [-0.39, 0.29) is 17.0 Å². The molecule has 0 atom stereocenters. The molecule has 1 fully saturated rings. The van der Waals surface area contributed by atoms with E-state index in [1.165, 1.54) is 0 Å². The Kier molecular flexibility index (Phi) is 6.28. The van der Waals surface area contributed by atoms with Gasteiger partial charge in [-0.2, -0.15) is 10.4 Å². The number of hydrazone groups is 1. The summed E-state index contributed by atoms with van der Waals surface area (Å²) < 4.78 is 0. The second kappa shape index (κ2) is 8.27. The third-order valence-corrected chi connectivity index (χ3v) is 4.46. The number of nitrogens with zero attached hydrogens (tertiary/aromatic N) is 4. The lowest BCUT2D eigenvalue weighted by Gasteiger charge is -2.39. The molecule has 0 aromatic heterocycles. The summed E-state index contributed by atoms with van der Waals surface area (Å²) >= 11 is 6.40.